The zero-order valence-electron chi connectivity index (χ0n) is 12.5. The molecule has 23 heavy (non-hydrogen) atoms. The Kier molecular flexibility index (Phi) is 4.32. The van der Waals surface area contributed by atoms with E-state index in [1.807, 2.05) is 12.1 Å². The summed E-state index contributed by atoms with van der Waals surface area (Å²) in [7, 11) is 0. The lowest BCUT2D eigenvalue weighted by Gasteiger charge is -2.09. The van der Waals surface area contributed by atoms with E-state index >= 15 is 0 Å². The van der Waals surface area contributed by atoms with Crippen molar-refractivity contribution in [2.75, 3.05) is 0 Å². The van der Waals surface area contributed by atoms with Crippen LogP contribution in [0.4, 0.5) is 0 Å². The Bertz CT molecular complexity index is 882. The van der Waals surface area contributed by atoms with Gasteiger partial charge in [-0.2, -0.15) is 0 Å². The van der Waals surface area contributed by atoms with Crippen LogP contribution < -0.4 is 5.56 Å². The first-order valence-corrected chi connectivity index (χ1v) is 7.47. The molecule has 0 aliphatic rings. The van der Waals surface area contributed by atoms with E-state index in [9.17, 15) is 9.90 Å². The fourth-order valence-electron chi connectivity index (χ4n) is 2.49. The topological polar surface area (TPSA) is 68.3 Å². The average Bonchev–Trinajstić information content (AvgIpc) is 2.92. The van der Waals surface area contributed by atoms with Crippen molar-refractivity contribution in [2.24, 2.45) is 0 Å². The third-order valence-corrected chi connectivity index (χ3v) is 3.87. The largest absolute Gasteiger partial charge is 0.390 e. The maximum Gasteiger partial charge on any atom is 0.250 e. The summed E-state index contributed by atoms with van der Waals surface area (Å²) in [4.78, 5) is 12.1. The van der Waals surface area contributed by atoms with E-state index in [4.69, 9.17) is 16.1 Å². The van der Waals surface area contributed by atoms with Gasteiger partial charge in [0.1, 0.15) is 11.5 Å². The van der Waals surface area contributed by atoms with E-state index in [1.165, 1.54) is 6.07 Å². The average molecular weight is 331 g/mol. The molecule has 3 rings (SSSR count). The van der Waals surface area contributed by atoms with Gasteiger partial charge in [0.25, 0.3) is 5.56 Å². The van der Waals surface area contributed by atoms with Gasteiger partial charge in [0, 0.05) is 22.8 Å². The molecular weight excluding hydrogens is 316 g/mol. The van der Waals surface area contributed by atoms with Gasteiger partial charge in [-0.3, -0.25) is 4.79 Å². The van der Waals surface area contributed by atoms with Gasteiger partial charge < -0.3 is 14.2 Å². The van der Waals surface area contributed by atoms with E-state index < -0.39 is 0 Å². The van der Waals surface area contributed by atoms with Crippen molar-refractivity contribution in [3.63, 3.8) is 0 Å². The summed E-state index contributed by atoms with van der Waals surface area (Å²) in [5.41, 5.74) is 2.82. The third-order valence-electron chi connectivity index (χ3n) is 3.62. The standard InChI is InChI=1S/C17H15ClN2O3/c1-11-17(15(10-21)19-23-11)13-4-7-16(22)20(9-13)8-12-2-5-14(18)6-3-12/h2-7,9,21H,8,10H2,1H3. The Hall–Kier alpha value is -2.37. The summed E-state index contributed by atoms with van der Waals surface area (Å²) in [5, 5.41) is 13.9. The molecule has 2 heterocycles. The number of aryl methyl sites for hydroxylation is 1. The highest BCUT2D eigenvalue weighted by molar-refractivity contribution is 6.30. The van der Waals surface area contributed by atoms with Crippen molar-refractivity contribution >= 4 is 11.6 Å². The molecule has 0 saturated carbocycles. The quantitative estimate of drug-likeness (QED) is 0.798. The minimum Gasteiger partial charge on any atom is -0.390 e. The van der Waals surface area contributed by atoms with Gasteiger partial charge in [-0.15, -0.1) is 0 Å². The molecule has 0 spiro atoms. The molecule has 1 N–H and O–H groups in total. The molecule has 0 aliphatic carbocycles. The molecule has 0 fully saturated rings. The molecule has 3 aromatic rings. The first-order valence-electron chi connectivity index (χ1n) is 7.10. The Morgan fingerprint density at radius 1 is 1.22 bits per heavy atom. The molecule has 0 atom stereocenters. The number of aliphatic hydroxyl groups excluding tert-OH is 1. The van der Waals surface area contributed by atoms with Crippen LogP contribution >= 0.6 is 11.6 Å². The monoisotopic (exact) mass is 330 g/mol. The summed E-state index contributed by atoms with van der Waals surface area (Å²) < 4.78 is 6.73. The molecule has 0 aliphatic heterocycles. The molecule has 0 saturated heterocycles. The summed E-state index contributed by atoms with van der Waals surface area (Å²) >= 11 is 5.88. The van der Waals surface area contributed by atoms with Crippen LogP contribution in [0.5, 0.6) is 0 Å². The maximum absolute atomic E-state index is 12.1. The number of nitrogens with zero attached hydrogens (tertiary/aromatic N) is 2. The minimum absolute atomic E-state index is 0.108. The first-order chi connectivity index (χ1) is 11.1. The van der Waals surface area contributed by atoms with Crippen LogP contribution in [-0.4, -0.2) is 14.8 Å². The molecule has 2 aromatic heterocycles. The van der Waals surface area contributed by atoms with Gasteiger partial charge in [0.2, 0.25) is 0 Å². The predicted octanol–water partition coefficient (Wildman–Crippen LogP) is 3.01. The SMILES string of the molecule is Cc1onc(CO)c1-c1ccc(=O)n(Cc2ccc(Cl)cc2)c1. The van der Waals surface area contributed by atoms with Crippen molar-refractivity contribution in [3.8, 4) is 11.1 Å². The number of hydrogen-bond acceptors (Lipinski definition) is 4. The van der Waals surface area contributed by atoms with E-state index in [-0.39, 0.29) is 12.2 Å². The molecule has 6 heteroatoms. The van der Waals surface area contributed by atoms with Crippen molar-refractivity contribution in [1.29, 1.82) is 0 Å². The summed E-state index contributed by atoms with van der Waals surface area (Å²) in [6.07, 6.45) is 1.75. The van der Waals surface area contributed by atoms with Crippen LogP contribution in [0.2, 0.25) is 5.02 Å². The normalized spacial score (nSPS) is 10.9. The zero-order valence-corrected chi connectivity index (χ0v) is 13.2. The van der Waals surface area contributed by atoms with Gasteiger partial charge in [-0.05, 0) is 30.7 Å². The van der Waals surface area contributed by atoms with Crippen LogP contribution in [0.1, 0.15) is 17.0 Å². The number of aromatic nitrogens is 2. The highest BCUT2D eigenvalue weighted by atomic mass is 35.5. The van der Waals surface area contributed by atoms with Crippen molar-refractivity contribution in [2.45, 2.75) is 20.1 Å². The molecule has 0 unspecified atom stereocenters. The van der Waals surface area contributed by atoms with Gasteiger partial charge in [0.05, 0.1) is 18.7 Å². The van der Waals surface area contributed by atoms with Crippen molar-refractivity contribution in [1.82, 2.24) is 9.72 Å². The first kappa shape index (κ1) is 15.5. The molecular formula is C17H15ClN2O3. The van der Waals surface area contributed by atoms with E-state index in [2.05, 4.69) is 5.16 Å². The van der Waals surface area contributed by atoms with E-state index in [0.29, 0.717) is 23.0 Å². The highest BCUT2D eigenvalue weighted by Crippen LogP contribution is 2.26. The van der Waals surface area contributed by atoms with Crippen molar-refractivity contribution in [3.05, 3.63) is 75.0 Å². The van der Waals surface area contributed by atoms with E-state index in [0.717, 1.165) is 16.7 Å². The van der Waals surface area contributed by atoms with Gasteiger partial charge >= 0.3 is 0 Å². The van der Waals surface area contributed by atoms with Crippen LogP contribution in [0.3, 0.4) is 0 Å². The fourth-order valence-corrected chi connectivity index (χ4v) is 2.61. The summed E-state index contributed by atoms with van der Waals surface area (Å²) in [6, 6.07) is 10.5. The summed E-state index contributed by atoms with van der Waals surface area (Å²) in [5.74, 6) is 0.603. The van der Waals surface area contributed by atoms with Gasteiger partial charge in [0.15, 0.2) is 0 Å². The van der Waals surface area contributed by atoms with Crippen LogP contribution in [0, 0.1) is 6.92 Å². The number of pyridine rings is 1. The van der Waals surface area contributed by atoms with Crippen LogP contribution in [0.25, 0.3) is 11.1 Å². The lowest BCUT2D eigenvalue weighted by molar-refractivity contribution is 0.266. The number of rotatable bonds is 4. The Morgan fingerprint density at radius 2 is 1.96 bits per heavy atom. The molecule has 118 valence electrons. The van der Waals surface area contributed by atoms with E-state index in [1.54, 1.807) is 35.9 Å². The fraction of sp³-hybridized carbons (Fsp3) is 0.176. The second kappa shape index (κ2) is 6.40. The lowest BCUT2D eigenvalue weighted by atomic mass is 10.1. The number of hydrogen-bond donors (Lipinski definition) is 1. The maximum atomic E-state index is 12.1. The van der Waals surface area contributed by atoms with Crippen LogP contribution in [-0.2, 0) is 13.2 Å². The van der Waals surface area contributed by atoms with Crippen LogP contribution in [0.15, 0.2) is 51.9 Å². The highest BCUT2D eigenvalue weighted by Gasteiger charge is 2.15. The van der Waals surface area contributed by atoms with Gasteiger partial charge in [-0.25, -0.2) is 0 Å². The second-order valence-corrected chi connectivity index (χ2v) is 5.67. The smallest absolute Gasteiger partial charge is 0.250 e. The minimum atomic E-state index is -0.219. The molecule has 0 amide bonds. The molecule has 0 radical (unpaired) electrons. The third kappa shape index (κ3) is 3.21. The molecule has 1 aromatic carbocycles. The number of aliphatic hydroxyl groups is 1. The summed E-state index contributed by atoms with van der Waals surface area (Å²) in [6.45, 7) is 1.99. The predicted molar refractivity (Wildman–Crippen MR) is 87.4 cm³/mol. The zero-order chi connectivity index (χ0) is 16.4. The number of halogens is 1. The molecule has 0 bridgehead atoms. The molecule has 5 nitrogen and oxygen atoms in total. The Morgan fingerprint density at radius 3 is 2.65 bits per heavy atom. The number of benzene rings is 1. The second-order valence-electron chi connectivity index (χ2n) is 5.23. The Balaban J connectivity index is 2.01. The lowest BCUT2D eigenvalue weighted by Crippen LogP contribution is -2.19. The van der Waals surface area contributed by atoms with Crippen molar-refractivity contribution < 1.29 is 9.63 Å². The van der Waals surface area contributed by atoms with Gasteiger partial charge in [-0.1, -0.05) is 28.9 Å². The Labute approximate surface area is 137 Å².